The van der Waals surface area contributed by atoms with Gasteiger partial charge in [0.2, 0.25) is 5.91 Å². The standard InChI is InChI=1S/C19H18ClFN2O3/c1-11-4-7-16-15(8-11)23(18(25)19(2,3)26-16)10-17(24)22-12-5-6-14(21)13(20)9-12/h4-9H,10H2,1-3H3,(H,22,24). The largest absolute Gasteiger partial charge is 0.476 e. The van der Waals surface area contributed by atoms with Crippen LogP contribution in [0.2, 0.25) is 5.02 Å². The molecule has 5 nitrogen and oxygen atoms in total. The smallest absolute Gasteiger partial charge is 0.271 e. The van der Waals surface area contributed by atoms with Gasteiger partial charge in [-0.05, 0) is 56.7 Å². The first-order valence-electron chi connectivity index (χ1n) is 8.04. The van der Waals surface area contributed by atoms with Crippen molar-refractivity contribution >= 4 is 34.8 Å². The number of carbonyl (C=O) groups is 2. The number of hydrogen-bond donors (Lipinski definition) is 1. The number of amides is 2. The van der Waals surface area contributed by atoms with Gasteiger partial charge in [-0.25, -0.2) is 4.39 Å². The van der Waals surface area contributed by atoms with Crippen molar-refractivity contribution in [1.82, 2.24) is 0 Å². The minimum absolute atomic E-state index is 0.0904. The SMILES string of the molecule is Cc1ccc2c(c1)N(CC(=O)Nc1ccc(F)c(Cl)c1)C(=O)C(C)(C)O2. The zero-order valence-corrected chi connectivity index (χ0v) is 15.4. The monoisotopic (exact) mass is 376 g/mol. The van der Waals surface area contributed by atoms with E-state index in [1.807, 2.05) is 13.0 Å². The van der Waals surface area contributed by atoms with Crippen molar-refractivity contribution in [3.8, 4) is 5.75 Å². The molecule has 2 amide bonds. The lowest BCUT2D eigenvalue weighted by Crippen LogP contribution is -2.54. The molecule has 1 N–H and O–H groups in total. The molecule has 3 rings (SSSR count). The number of benzene rings is 2. The Morgan fingerprint density at radius 3 is 2.69 bits per heavy atom. The van der Waals surface area contributed by atoms with Crippen molar-refractivity contribution in [1.29, 1.82) is 0 Å². The maximum atomic E-state index is 13.2. The molecular weight excluding hydrogens is 359 g/mol. The average molecular weight is 377 g/mol. The van der Waals surface area contributed by atoms with Crippen LogP contribution in [0.3, 0.4) is 0 Å². The van der Waals surface area contributed by atoms with E-state index in [9.17, 15) is 14.0 Å². The van der Waals surface area contributed by atoms with Crippen LogP contribution in [0.4, 0.5) is 15.8 Å². The number of ether oxygens (including phenoxy) is 1. The van der Waals surface area contributed by atoms with E-state index in [1.54, 1.807) is 26.0 Å². The Hall–Kier alpha value is -2.60. The molecule has 0 bridgehead atoms. The third kappa shape index (κ3) is 3.51. The summed E-state index contributed by atoms with van der Waals surface area (Å²) in [6, 6.07) is 9.34. The summed E-state index contributed by atoms with van der Waals surface area (Å²) in [4.78, 5) is 26.6. The third-order valence-electron chi connectivity index (χ3n) is 4.04. The number of halogens is 2. The van der Waals surface area contributed by atoms with Crippen molar-refractivity contribution in [2.45, 2.75) is 26.4 Å². The second kappa shape index (κ2) is 6.61. The number of aryl methyl sites for hydroxylation is 1. The van der Waals surface area contributed by atoms with Crippen LogP contribution in [0, 0.1) is 12.7 Å². The number of nitrogens with one attached hydrogen (secondary N) is 1. The average Bonchev–Trinajstić information content (AvgIpc) is 2.56. The first-order chi connectivity index (χ1) is 12.2. The van der Waals surface area contributed by atoms with Gasteiger partial charge in [0.25, 0.3) is 5.91 Å². The maximum absolute atomic E-state index is 13.2. The molecule has 1 aliphatic rings. The third-order valence-corrected chi connectivity index (χ3v) is 4.33. The van der Waals surface area contributed by atoms with E-state index in [-0.39, 0.29) is 17.5 Å². The number of hydrogen-bond acceptors (Lipinski definition) is 3. The summed E-state index contributed by atoms with van der Waals surface area (Å²) in [5.41, 5.74) is 0.755. The fourth-order valence-corrected chi connectivity index (χ4v) is 2.93. The predicted molar refractivity (Wildman–Crippen MR) is 98.3 cm³/mol. The van der Waals surface area contributed by atoms with Crippen molar-refractivity contribution < 1.29 is 18.7 Å². The van der Waals surface area contributed by atoms with Gasteiger partial charge in [-0.1, -0.05) is 17.7 Å². The van der Waals surface area contributed by atoms with Crippen LogP contribution < -0.4 is 15.0 Å². The highest BCUT2D eigenvalue weighted by atomic mass is 35.5. The molecule has 0 radical (unpaired) electrons. The van der Waals surface area contributed by atoms with Gasteiger partial charge < -0.3 is 10.1 Å². The van der Waals surface area contributed by atoms with Crippen LogP contribution in [0.5, 0.6) is 5.75 Å². The van der Waals surface area contributed by atoms with Crippen LogP contribution in [0.1, 0.15) is 19.4 Å². The van der Waals surface area contributed by atoms with Crippen LogP contribution in [0.15, 0.2) is 36.4 Å². The molecule has 0 aliphatic carbocycles. The molecule has 26 heavy (non-hydrogen) atoms. The van der Waals surface area contributed by atoms with Crippen molar-refractivity contribution in [3.05, 3.63) is 52.8 Å². The van der Waals surface area contributed by atoms with E-state index in [4.69, 9.17) is 16.3 Å². The number of fused-ring (bicyclic) bond motifs is 1. The summed E-state index contributed by atoms with van der Waals surface area (Å²) in [5.74, 6) is -0.772. The number of nitrogens with zero attached hydrogens (tertiary/aromatic N) is 1. The van der Waals surface area contributed by atoms with Gasteiger partial charge >= 0.3 is 0 Å². The molecule has 1 aliphatic heterocycles. The summed E-state index contributed by atoms with van der Waals surface area (Å²) in [5, 5.41) is 2.54. The lowest BCUT2D eigenvalue weighted by molar-refractivity contribution is -0.133. The predicted octanol–water partition coefficient (Wildman–Crippen LogP) is 3.93. The van der Waals surface area contributed by atoms with Crippen molar-refractivity contribution in [2.24, 2.45) is 0 Å². The first kappa shape index (κ1) is 18.2. The van der Waals surface area contributed by atoms with E-state index in [1.165, 1.54) is 23.1 Å². The van der Waals surface area contributed by atoms with E-state index in [2.05, 4.69) is 5.32 Å². The first-order valence-corrected chi connectivity index (χ1v) is 8.42. The molecule has 0 unspecified atom stereocenters. The minimum atomic E-state index is -1.08. The molecule has 0 saturated heterocycles. The molecule has 0 fully saturated rings. The lowest BCUT2D eigenvalue weighted by Gasteiger charge is -2.38. The quantitative estimate of drug-likeness (QED) is 0.883. The second-order valence-corrected chi connectivity index (χ2v) is 7.06. The Kier molecular flexibility index (Phi) is 4.63. The summed E-state index contributed by atoms with van der Waals surface area (Å²) < 4.78 is 19.0. The Morgan fingerprint density at radius 2 is 2.00 bits per heavy atom. The fraction of sp³-hybridized carbons (Fsp3) is 0.263. The van der Waals surface area contributed by atoms with Crippen LogP contribution in [0.25, 0.3) is 0 Å². The molecule has 2 aromatic carbocycles. The molecule has 2 aromatic rings. The highest BCUT2D eigenvalue weighted by Crippen LogP contribution is 2.38. The molecule has 0 aromatic heterocycles. The minimum Gasteiger partial charge on any atom is -0.476 e. The zero-order chi connectivity index (χ0) is 19.1. The highest BCUT2D eigenvalue weighted by Gasteiger charge is 2.41. The number of rotatable bonds is 3. The summed E-state index contributed by atoms with van der Waals surface area (Å²) >= 11 is 5.73. The van der Waals surface area contributed by atoms with Crippen molar-refractivity contribution in [3.63, 3.8) is 0 Å². The van der Waals surface area contributed by atoms with Crippen LogP contribution in [-0.4, -0.2) is 24.0 Å². The zero-order valence-electron chi connectivity index (χ0n) is 14.6. The van der Waals surface area contributed by atoms with Crippen molar-refractivity contribution in [2.75, 3.05) is 16.8 Å². The summed E-state index contributed by atoms with van der Waals surface area (Å²) in [6.45, 7) is 5.01. The van der Waals surface area contributed by atoms with Gasteiger partial charge in [-0.15, -0.1) is 0 Å². The van der Waals surface area contributed by atoms with Gasteiger partial charge in [0.15, 0.2) is 5.60 Å². The molecule has 1 heterocycles. The molecule has 7 heteroatoms. The molecule has 136 valence electrons. The molecule has 0 spiro atoms. The van der Waals surface area contributed by atoms with E-state index in [0.717, 1.165) is 5.56 Å². The highest BCUT2D eigenvalue weighted by molar-refractivity contribution is 6.31. The lowest BCUT2D eigenvalue weighted by atomic mass is 10.0. The molecule has 0 saturated carbocycles. The molecule has 0 atom stereocenters. The Bertz CT molecular complexity index is 898. The normalized spacial score (nSPS) is 15.3. The van der Waals surface area contributed by atoms with Gasteiger partial charge in [0.1, 0.15) is 18.1 Å². The molecular formula is C19H18ClFN2O3. The summed E-state index contributed by atoms with van der Waals surface area (Å²) in [6.07, 6.45) is 0. The second-order valence-electron chi connectivity index (χ2n) is 6.65. The maximum Gasteiger partial charge on any atom is 0.271 e. The van der Waals surface area contributed by atoms with Gasteiger partial charge in [-0.2, -0.15) is 0 Å². The number of anilines is 2. The summed E-state index contributed by atoms with van der Waals surface area (Å²) in [7, 11) is 0. The van der Waals surface area contributed by atoms with Crippen LogP contribution in [-0.2, 0) is 9.59 Å². The van der Waals surface area contributed by atoms with Gasteiger partial charge in [-0.3, -0.25) is 14.5 Å². The van der Waals surface area contributed by atoms with Gasteiger partial charge in [0, 0.05) is 5.69 Å². The van der Waals surface area contributed by atoms with Crippen LogP contribution >= 0.6 is 11.6 Å². The topological polar surface area (TPSA) is 58.6 Å². The Morgan fingerprint density at radius 1 is 1.27 bits per heavy atom. The van der Waals surface area contributed by atoms with E-state index < -0.39 is 17.3 Å². The Balaban J connectivity index is 1.85. The van der Waals surface area contributed by atoms with E-state index >= 15 is 0 Å². The van der Waals surface area contributed by atoms with E-state index in [0.29, 0.717) is 17.1 Å². The fourth-order valence-electron chi connectivity index (χ4n) is 2.75. The number of carbonyl (C=O) groups excluding carboxylic acids is 2. The van der Waals surface area contributed by atoms with Gasteiger partial charge in [0.05, 0.1) is 10.7 Å². The Labute approximate surface area is 155 Å².